The highest BCUT2D eigenvalue weighted by atomic mass is 16.5. The lowest BCUT2D eigenvalue weighted by molar-refractivity contribution is -0.123. The topological polar surface area (TPSA) is 64.3 Å². The number of hydrogen-bond acceptors (Lipinski definition) is 3. The number of nitrogens with one attached hydrogen (secondary N) is 1. The zero-order valence-electron chi connectivity index (χ0n) is 13.4. The first-order valence-electron chi connectivity index (χ1n) is 7.51. The van der Waals surface area contributed by atoms with Crippen molar-refractivity contribution in [1.29, 1.82) is 0 Å². The van der Waals surface area contributed by atoms with E-state index in [0.717, 1.165) is 12.8 Å². The van der Waals surface area contributed by atoms with Crippen LogP contribution in [0, 0.1) is 5.41 Å². The van der Waals surface area contributed by atoms with E-state index < -0.39 is 6.04 Å². The maximum atomic E-state index is 12.0. The van der Waals surface area contributed by atoms with Crippen molar-refractivity contribution in [2.24, 2.45) is 11.1 Å². The van der Waals surface area contributed by atoms with Crippen LogP contribution in [-0.2, 0) is 16.0 Å². The predicted octanol–water partition coefficient (Wildman–Crippen LogP) is 2.13. The van der Waals surface area contributed by atoms with E-state index in [-0.39, 0.29) is 11.3 Å². The lowest BCUT2D eigenvalue weighted by Crippen LogP contribution is -2.44. The van der Waals surface area contributed by atoms with Gasteiger partial charge in [-0.05, 0) is 30.2 Å². The third kappa shape index (κ3) is 7.25. The van der Waals surface area contributed by atoms with E-state index in [2.05, 4.69) is 31.3 Å². The summed E-state index contributed by atoms with van der Waals surface area (Å²) in [7, 11) is 1.69. The van der Waals surface area contributed by atoms with Crippen molar-refractivity contribution in [3.63, 3.8) is 0 Å². The van der Waals surface area contributed by atoms with Gasteiger partial charge in [-0.2, -0.15) is 0 Å². The number of aryl methyl sites for hydroxylation is 1. The summed E-state index contributed by atoms with van der Waals surface area (Å²) in [6.45, 7) is 5.54. The molecule has 1 rings (SSSR count). The van der Waals surface area contributed by atoms with Gasteiger partial charge in [0.1, 0.15) is 0 Å². The molecule has 0 saturated carbocycles. The normalized spacial score (nSPS) is 13.0. The Balaban J connectivity index is 2.31. The van der Waals surface area contributed by atoms with Gasteiger partial charge >= 0.3 is 0 Å². The highest BCUT2D eigenvalue weighted by molar-refractivity contribution is 5.81. The molecule has 0 radical (unpaired) electrons. The highest BCUT2D eigenvalue weighted by Crippen LogP contribution is 2.18. The van der Waals surface area contributed by atoms with Crippen LogP contribution in [0.1, 0.15) is 32.3 Å². The van der Waals surface area contributed by atoms with Gasteiger partial charge in [-0.3, -0.25) is 4.79 Å². The van der Waals surface area contributed by atoms with Crippen LogP contribution in [0.3, 0.4) is 0 Å². The van der Waals surface area contributed by atoms with Gasteiger partial charge in [-0.15, -0.1) is 0 Å². The zero-order chi connectivity index (χ0) is 15.7. The molecule has 1 aromatic carbocycles. The molecule has 118 valence electrons. The number of rotatable bonds is 9. The second-order valence-corrected chi connectivity index (χ2v) is 6.26. The summed E-state index contributed by atoms with van der Waals surface area (Å²) in [5.74, 6) is -0.0728. The third-order valence-corrected chi connectivity index (χ3v) is 3.65. The Bertz CT molecular complexity index is 418. The number of benzene rings is 1. The van der Waals surface area contributed by atoms with E-state index in [4.69, 9.17) is 10.5 Å². The Kier molecular flexibility index (Phi) is 7.40. The minimum atomic E-state index is -0.455. The fourth-order valence-corrected chi connectivity index (χ4v) is 2.02. The van der Waals surface area contributed by atoms with Gasteiger partial charge in [0.05, 0.1) is 6.04 Å². The maximum Gasteiger partial charge on any atom is 0.236 e. The number of methoxy groups -OCH3 is 1. The van der Waals surface area contributed by atoms with E-state index in [1.54, 1.807) is 7.11 Å². The lowest BCUT2D eigenvalue weighted by atomic mass is 9.89. The minimum absolute atomic E-state index is 0.0187. The smallest absolute Gasteiger partial charge is 0.236 e. The zero-order valence-corrected chi connectivity index (χ0v) is 13.4. The fourth-order valence-electron chi connectivity index (χ4n) is 2.02. The first-order chi connectivity index (χ1) is 9.94. The van der Waals surface area contributed by atoms with Gasteiger partial charge in [0, 0.05) is 20.3 Å². The molecule has 0 saturated heterocycles. The maximum absolute atomic E-state index is 12.0. The largest absolute Gasteiger partial charge is 0.385 e. The molecule has 1 amide bonds. The molecular weight excluding hydrogens is 264 g/mol. The third-order valence-electron chi connectivity index (χ3n) is 3.65. The standard InChI is InChI=1S/C17H28N2O2/c1-17(2,11-12-21-3)13-19-16(20)15(18)10-9-14-7-5-4-6-8-14/h4-8,15H,9-13,18H2,1-3H3,(H,19,20). The summed E-state index contributed by atoms with van der Waals surface area (Å²) >= 11 is 0. The Morgan fingerprint density at radius 1 is 1.33 bits per heavy atom. The quantitative estimate of drug-likeness (QED) is 0.733. The van der Waals surface area contributed by atoms with Gasteiger partial charge in [0.25, 0.3) is 0 Å². The molecule has 0 aliphatic heterocycles. The lowest BCUT2D eigenvalue weighted by Gasteiger charge is -2.25. The molecule has 0 bridgehead atoms. The van der Waals surface area contributed by atoms with Crippen LogP contribution in [0.4, 0.5) is 0 Å². The second kappa shape index (κ2) is 8.80. The van der Waals surface area contributed by atoms with E-state index in [1.165, 1.54) is 5.56 Å². The van der Waals surface area contributed by atoms with Crippen molar-refractivity contribution in [1.82, 2.24) is 5.32 Å². The summed E-state index contributed by atoms with van der Waals surface area (Å²) in [5, 5.41) is 2.95. The van der Waals surface area contributed by atoms with Crippen molar-refractivity contribution < 1.29 is 9.53 Å². The average Bonchev–Trinajstić information content (AvgIpc) is 2.49. The van der Waals surface area contributed by atoms with Gasteiger partial charge in [0.2, 0.25) is 5.91 Å². The first-order valence-corrected chi connectivity index (χ1v) is 7.51. The predicted molar refractivity (Wildman–Crippen MR) is 86.0 cm³/mol. The Hall–Kier alpha value is -1.39. The Morgan fingerprint density at radius 3 is 2.62 bits per heavy atom. The molecule has 21 heavy (non-hydrogen) atoms. The van der Waals surface area contributed by atoms with Gasteiger partial charge in [-0.25, -0.2) is 0 Å². The Morgan fingerprint density at radius 2 is 2.00 bits per heavy atom. The summed E-state index contributed by atoms with van der Waals surface area (Å²) in [6, 6.07) is 9.64. The molecule has 0 heterocycles. The molecule has 0 spiro atoms. The van der Waals surface area contributed by atoms with Crippen molar-refractivity contribution in [3.8, 4) is 0 Å². The molecule has 0 aromatic heterocycles. The van der Waals surface area contributed by atoms with Gasteiger partial charge in [0.15, 0.2) is 0 Å². The molecule has 4 nitrogen and oxygen atoms in total. The summed E-state index contributed by atoms with van der Waals surface area (Å²) < 4.78 is 5.08. The van der Waals surface area contributed by atoms with Crippen LogP contribution in [0.5, 0.6) is 0 Å². The van der Waals surface area contributed by atoms with Gasteiger partial charge in [-0.1, -0.05) is 44.2 Å². The van der Waals surface area contributed by atoms with Crippen LogP contribution in [0.2, 0.25) is 0 Å². The number of ether oxygens (including phenoxy) is 1. The van der Waals surface area contributed by atoms with Crippen molar-refractivity contribution in [2.75, 3.05) is 20.3 Å². The summed E-state index contributed by atoms with van der Waals surface area (Å²) in [6.07, 6.45) is 2.39. The number of carbonyl (C=O) groups is 1. The molecule has 3 N–H and O–H groups in total. The number of nitrogens with two attached hydrogens (primary N) is 1. The highest BCUT2D eigenvalue weighted by Gasteiger charge is 2.20. The SMILES string of the molecule is COCCC(C)(C)CNC(=O)C(N)CCc1ccccc1. The van der Waals surface area contributed by atoms with E-state index in [1.807, 2.05) is 18.2 Å². The van der Waals surface area contributed by atoms with E-state index in [0.29, 0.717) is 19.6 Å². The van der Waals surface area contributed by atoms with Crippen molar-refractivity contribution >= 4 is 5.91 Å². The minimum Gasteiger partial charge on any atom is -0.385 e. The number of amides is 1. The summed E-state index contributed by atoms with van der Waals surface area (Å²) in [4.78, 5) is 12.0. The molecule has 0 fully saturated rings. The van der Waals surface area contributed by atoms with Crippen LogP contribution in [0.15, 0.2) is 30.3 Å². The van der Waals surface area contributed by atoms with Gasteiger partial charge < -0.3 is 15.8 Å². The number of carbonyl (C=O) groups excluding carboxylic acids is 1. The Labute approximate surface area is 128 Å². The average molecular weight is 292 g/mol. The van der Waals surface area contributed by atoms with Crippen molar-refractivity contribution in [3.05, 3.63) is 35.9 Å². The summed E-state index contributed by atoms with van der Waals surface area (Å²) in [5.41, 5.74) is 7.19. The van der Waals surface area contributed by atoms with Crippen LogP contribution in [0.25, 0.3) is 0 Å². The fraction of sp³-hybridized carbons (Fsp3) is 0.588. The van der Waals surface area contributed by atoms with E-state index >= 15 is 0 Å². The molecule has 0 aliphatic carbocycles. The van der Waals surface area contributed by atoms with Crippen LogP contribution < -0.4 is 11.1 Å². The molecule has 0 aliphatic rings. The number of hydrogen-bond donors (Lipinski definition) is 2. The molecular formula is C17H28N2O2. The van der Waals surface area contributed by atoms with E-state index in [9.17, 15) is 4.79 Å². The van der Waals surface area contributed by atoms with Crippen LogP contribution >= 0.6 is 0 Å². The van der Waals surface area contributed by atoms with Crippen molar-refractivity contribution in [2.45, 2.75) is 39.2 Å². The monoisotopic (exact) mass is 292 g/mol. The molecule has 1 aromatic rings. The first kappa shape index (κ1) is 17.7. The van der Waals surface area contributed by atoms with Crippen LogP contribution in [-0.4, -0.2) is 32.2 Å². The second-order valence-electron chi connectivity index (χ2n) is 6.26. The molecule has 4 heteroatoms. The molecule has 1 atom stereocenters. The molecule has 1 unspecified atom stereocenters.